The van der Waals surface area contributed by atoms with E-state index in [1.807, 2.05) is 17.8 Å². The fourth-order valence-corrected chi connectivity index (χ4v) is 3.92. The van der Waals surface area contributed by atoms with Crippen LogP contribution in [-0.2, 0) is 11.2 Å². The largest absolute Gasteiger partial charge is 0.496 e. The Hall–Kier alpha value is -1.40. The predicted molar refractivity (Wildman–Crippen MR) is 112 cm³/mol. The molecule has 0 amide bonds. The van der Waals surface area contributed by atoms with Gasteiger partial charge in [0.15, 0.2) is 5.96 Å². The summed E-state index contributed by atoms with van der Waals surface area (Å²) in [5, 5.41) is 6.82. The average Bonchev–Trinajstić information content (AvgIpc) is 2.67. The van der Waals surface area contributed by atoms with Gasteiger partial charge in [-0.2, -0.15) is 11.8 Å². The second kappa shape index (κ2) is 10.7. The van der Waals surface area contributed by atoms with Gasteiger partial charge in [0.1, 0.15) is 5.75 Å². The number of rotatable bonds is 8. The fraction of sp³-hybridized carbons (Fsp3) is 0.650. The third-order valence-electron chi connectivity index (χ3n) is 4.83. The highest BCUT2D eigenvalue weighted by Crippen LogP contribution is 2.33. The molecule has 0 radical (unpaired) electrons. The first-order chi connectivity index (χ1) is 12.6. The summed E-state index contributed by atoms with van der Waals surface area (Å²) < 4.78 is 11.2. The molecule has 0 saturated carbocycles. The van der Waals surface area contributed by atoms with Crippen molar-refractivity contribution >= 4 is 17.7 Å². The number of benzene rings is 1. The molecule has 1 heterocycles. The third-order valence-corrected chi connectivity index (χ3v) is 6.23. The Morgan fingerprint density at radius 2 is 2.08 bits per heavy atom. The van der Waals surface area contributed by atoms with Crippen molar-refractivity contribution < 1.29 is 9.47 Å². The molecule has 1 saturated heterocycles. The number of hydrogen-bond acceptors (Lipinski definition) is 4. The van der Waals surface area contributed by atoms with Crippen molar-refractivity contribution in [2.24, 2.45) is 4.99 Å². The maximum Gasteiger partial charge on any atom is 0.191 e. The first-order valence-electron chi connectivity index (χ1n) is 9.41. The van der Waals surface area contributed by atoms with Gasteiger partial charge < -0.3 is 20.1 Å². The van der Waals surface area contributed by atoms with Crippen LogP contribution in [-0.4, -0.2) is 56.9 Å². The van der Waals surface area contributed by atoms with Gasteiger partial charge in [-0.1, -0.05) is 17.7 Å². The van der Waals surface area contributed by atoms with E-state index < -0.39 is 0 Å². The number of aryl methyl sites for hydroxylation is 1. The lowest BCUT2D eigenvalue weighted by atomic mass is 9.99. The van der Waals surface area contributed by atoms with Gasteiger partial charge in [-0.15, -0.1) is 0 Å². The first kappa shape index (κ1) is 20.9. The van der Waals surface area contributed by atoms with Gasteiger partial charge in [-0.3, -0.25) is 4.99 Å². The van der Waals surface area contributed by atoms with Crippen molar-refractivity contribution in [2.45, 2.75) is 37.9 Å². The lowest BCUT2D eigenvalue weighted by Gasteiger charge is -2.34. The van der Waals surface area contributed by atoms with Gasteiger partial charge in [-0.25, -0.2) is 0 Å². The zero-order chi connectivity index (χ0) is 18.8. The summed E-state index contributed by atoms with van der Waals surface area (Å²) in [4.78, 5) is 4.86. The van der Waals surface area contributed by atoms with E-state index >= 15 is 0 Å². The maximum atomic E-state index is 5.52. The van der Waals surface area contributed by atoms with Gasteiger partial charge in [0.2, 0.25) is 0 Å². The molecule has 6 heteroatoms. The number of hydrogen-bond donors (Lipinski definition) is 2. The molecule has 0 spiro atoms. The van der Waals surface area contributed by atoms with Crippen LogP contribution < -0.4 is 15.4 Å². The minimum atomic E-state index is 0.209. The van der Waals surface area contributed by atoms with Crippen molar-refractivity contribution in [3.05, 3.63) is 29.3 Å². The lowest BCUT2D eigenvalue weighted by Crippen LogP contribution is -2.41. The first-order valence-corrected chi connectivity index (χ1v) is 10.6. The molecule has 0 aromatic heterocycles. The Bertz CT molecular complexity index is 586. The standard InChI is InChI=1S/C20H33N3O2S/c1-5-21-19(23-15-20(26-4)9-12-25-13-10-20)22-11-8-17-14-16(2)6-7-18(17)24-3/h6-7,14H,5,8-13,15H2,1-4H3,(H2,21,22,23). The number of methoxy groups -OCH3 is 1. The molecule has 146 valence electrons. The topological polar surface area (TPSA) is 54.9 Å². The lowest BCUT2D eigenvalue weighted by molar-refractivity contribution is 0.0794. The van der Waals surface area contributed by atoms with Crippen molar-refractivity contribution in [3.63, 3.8) is 0 Å². The normalized spacial score (nSPS) is 17.0. The summed E-state index contributed by atoms with van der Waals surface area (Å²) in [7, 11) is 1.73. The van der Waals surface area contributed by atoms with E-state index in [2.05, 4.69) is 42.9 Å². The maximum absolute atomic E-state index is 5.52. The van der Waals surface area contributed by atoms with Crippen LogP contribution in [0.2, 0.25) is 0 Å². The molecule has 5 nitrogen and oxygen atoms in total. The van der Waals surface area contributed by atoms with E-state index in [0.717, 1.165) is 63.8 Å². The summed E-state index contributed by atoms with van der Waals surface area (Å²) in [6.07, 6.45) is 5.22. The zero-order valence-electron chi connectivity index (χ0n) is 16.6. The number of nitrogens with one attached hydrogen (secondary N) is 2. The highest BCUT2D eigenvalue weighted by molar-refractivity contribution is 8.00. The van der Waals surface area contributed by atoms with Crippen LogP contribution >= 0.6 is 11.8 Å². The summed E-state index contributed by atoms with van der Waals surface area (Å²) in [6.45, 7) is 8.38. The molecule has 1 aromatic rings. The van der Waals surface area contributed by atoms with Crippen molar-refractivity contribution in [2.75, 3.05) is 46.2 Å². The summed E-state index contributed by atoms with van der Waals surface area (Å²) >= 11 is 1.92. The van der Waals surface area contributed by atoms with E-state index in [0.29, 0.717) is 0 Å². The Morgan fingerprint density at radius 1 is 1.31 bits per heavy atom. The summed E-state index contributed by atoms with van der Waals surface area (Å²) in [5.74, 6) is 1.84. The molecule has 1 aliphatic rings. The predicted octanol–water partition coefficient (Wildman–Crippen LogP) is 3.01. The van der Waals surface area contributed by atoms with Crippen LogP contribution in [0.1, 0.15) is 30.9 Å². The molecule has 2 N–H and O–H groups in total. The molecule has 0 unspecified atom stereocenters. The summed E-state index contributed by atoms with van der Waals surface area (Å²) in [5.41, 5.74) is 2.48. The number of nitrogens with zero attached hydrogens (tertiary/aromatic N) is 1. The Kier molecular flexibility index (Phi) is 8.59. The molecule has 26 heavy (non-hydrogen) atoms. The van der Waals surface area contributed by atoms with Crippen LogP contribution in [0.25, 0.3) is 0 Å². The zero-order valence-corrected chi connectivity index (χ0v) is 17.4. The Balaban J connectivity index is 1.94. The van der Waals surface area contributed by atoms with Crippen molar-refractivity contribution in [3.8, 4) is 5.75 Å². The van der Waals surface area contributed by atoms with E-state index in [1.54, 1.807) is 7.11 Å². The van der Waals surface area contributed by atoms with Crippen LogP contribution in [0.4, 0.5) is 0 Å². The van der Waals surface area contributed by atoms with Crippen LogP contribution in [0.3, 0.4) is 0 Å². The molecule has 0 bridgehead atoms. The van der Waals surface area contributed by atoms with Gasteiger partial charge in [-0.05, 0) is 51.0 Å². The van der Waals surface area contributed by atoms with Gasteiger partial charge in [0, 0.05) is 31.1 Å². The molecular formula is C20H33N3O2S. The molecule has 1 aromatic carbocycles. The minimum Gasteiger partial charge on any atom is -0.496 e. The molecule has 1 aliphatic heterocycles. The second-order valence-electron chi connectivity index (χ2n) is 6.69. The van der Waals surface area contributed by atoms with E-state index in [-0.39, 0.29) is 4.75 Å². The Morgan fingerprint density at radius 3 is 2.73 bits per heavy atom. The van der Waals surface area contributed by atoms with Crippen LogP contribution in [0.5, 0.6) is 5.75 Å². The molecule has 2 rings (SSSR count). The second-order valence-corrected chi connectivity index (χ2v) is 7.96. The van der Waals surface area contributed by atoms with Gasteiger partial charge in [0.05, 0.1) is 13.7 Å². The molecule has 0 aliphatic carbocycles. The van der Waals surface area contributed by atoms with Crippen molar-refractivity contribution in [1.82, 2.24) is 10.6 Å². The van der Waals surface area contributed by atoms with Crippen LogP contribution in [0.15, 0.2) is 23.2 Å². The molecule has 0 atom stereocenters. The SMILES string of the molecule is CCNC(=NCC1(SC)CCOCC1)NCCc1cc(C)ccc1OC. The number of ether oxygens (including phenoxy) is 2. The highest BCUT2D eigenvalue weighted by atomic mass is 32.2. The quantitative estimate of drug-likeness (QED) is 0.537. The van der Waals surface area contributed by atoms with E-state index in [4.69, 9.17) is 14.5 Å². The van der Waals surface area contributed by atoms with Crippen LogP contribution in [0, 0.1) is 6.92 Å². The smallest absolute Gasteiger partial charge is 0.191 e. The van der Waals surface area contributed by atoms with Gasteiger partial charge in [0.25, 0.3) is 0 Å². The van der Waals surface area contributed by atoms with E-state index in [1.165, 1.54) is 11.1 Å². The number of thioether (sulfide) groups is 1. The third kappa shape index (κ3) is 6.09. The number of aliphatic imine (C=N–C) groups is 1. The number of guanidine groups is 1. The van der Waals surface area contributed by atoms with E-state index in [9.17, 15) is 0 Å². The monoisotopic (exact) mass is 379 g/mol. The molecular weight excluding hydrogens is 346 g/mol. The Labute approximate surface area is 162 Å². The fourth-order valence-electron chi connectivity index (χ4n) is 3.15. The van der Waals surface area contributed by atoms with Crippen molar-refractivity contribution in [1.29, 1.82) is 0 Å². The average molecular weight is 380 g/mol. The molecule has 1 fully saturated rings. The minimum absolute atomic E-state index is 0.209. The highest BCUT2D eigenvalue weighted by Gasteiger charge is 2.31. The van der Waals surface area contributed by atoms with Gasteiger partial charge >= 0.3 is 0 Å². The summed E-state index contributed by atoms with van der Waals surface area (Å²) in [6, 6.07) is 6.31.